The Kier molecular flexibility index (Phi) is 1.60. The van der Waals surface area contributed by atoms with Crippen molar-refractivity contribution in [3.63, 3.8) is 0 Å². The van der Waals surface area contributed by atoms with E-state index in [1.165, 1.54) is 11.3 Å². The van der Waals surface area contributed by atoms with Crippen LogP contribution >= 0.6 is 0 Å². The first-order valence-corrected chi connectivity index (χ1v) is 3.78. The van der Waals surface area contributed by atoms with Crippen LogP contribution < -0.4 is 5.84 Å². The van der Waals surface area contributed by atoms with E-state index < -0.39 is 0 Å². The lowest BCUT2D eigenvalue weighted by Gasteiger charge is -2.22. The van der Waals surface area contributed by atoms with E-state index in [1.807, 2.05) is 17.3 Å². The Balaban J connectivity index is 2.34. The molecule has 0 bridgehead atoms. The molecule has 0 amide bonds. The van der Waals surface area contributed by atoms with Gasteiger partial charge in [-0.05, 0) is 11.6 Å². The molecule has 58 valence electrons. The van der Waals surface area contributed by atoms with Crippen LogP contribution in [-0.2, 0) is 13.0 Å². The Bertz CT molecular complexity index is 259. The summed E-state index contributed by atoms with van der Waals surface area (Å²) < 4.78 is 0. The second-order valence-electron chi connectivity index (χ2n) is 2.83. The van der Waals surface area contributed by atoms with E-state index in [9.17, 15) is 0 Å². The number of pyridine rings is 1. The molecule has 3 heteroatoms. The van der Waals surface area contributed by atoms with Crippen LogP contribution in [0.5, 0.6) is 0 Å². The zero-order chi connectivity index (χ0) is 7.68. The smallest absolute Gasteiger partial charge is 0.0462 e. The molecule has 0 saturated heterocycles. The molecule has 2 N–H and O–H groups in total. The highest BCUT2D eigenvalue weighted by atomic mass is 15.4. The van der Waals surface area contributed by atoms with Gasteiger partial charge in [0.25, 0.3) is 0 Å². The van der Waals surface area contributed by atoms with E-state index >= 15 is 0 Å². The van der Waals surface area contributed by atoms with E-state index in [0.717, 1.165) is 19.5 Å². The van der Waals surface area contributed by atoms with E-state index in [0.29, 0.717) is 0 Å². The molecule has 1 aromatic heterocycles. The molecular formula is C8H11N3. The molecule has 3 nitrogen and oxygen atoms in total. The normalized spacial score (nSPS) is 17.9. The molecule has 1 aliphatic heterocycles. The molecule has 1 aliphatic rings. The summed E-state index contributed by atoms with van der Waals surface area (Å²) in [6.07, 6.45) is 2.82. The second-order valence-corrected chi connectivity index (χ2v) is 2.83. The number of hydrogen-bond acceptors (Lipinski definition) is 3. The summed E-state index contributed by atoms with van der Waals surface area (Å²) in [4.78, 5) is 4.27. The molecule has 2 heterocycles. The van der Waals surface area contributed by atoms with Gasteiger partial charge in [-0.25, -0.2) is 5.01 Å². The predicted octanol–water partition coefficient (Wildman–Crippen LogP) is 0.313. The Morgan fingerprint density at radius 2 is 2.45 bits per heavy atom. The van der Waals surface area contributed by atoms with Gasteiger partial charge in [-0.15, -0.1) is 0 Å². The maximum Gasteiger partial charge on any atom is 0.0462 e. The first-order chi connectivity index (χ1) is 5.36. The summed E-state index contributed by atoms with van der Waals surface area (Å²) in [5.74, 6) is 5.66. The molecule has 0 saturated carbocycles. The largest absolute Gasteiger partial charge is 0.268 e. The highest BCUT2D eigenvalue weighted by Crippen LogP contribution is 2.12. The molecule has 2 rings (SSSR count). The van der Waals surface area contributed by atoms with Crippen molar-refractivity contribution in [2.45, 2.75) is 13.0 Å². The van der Waals surface area contributed by atoms with Crippen LogP contribution in [0.4, 0.5) is 0 Å². The van der Waals surface area contributed by atoms with Gasteiger partial charge in [0.05, 0.1) is 0 Å². The van der Waals surface area contributed by atoms with Gasteiger partial charge in [-0.2, -0.15) is 0 Å². The number of fused-ring (bicyclic) bond motifs is 1. The maximum absolute atomic E-state index is 5.66. The number of aromatic nitrogens is 1. The average molecular weight is 149 g/mol. The van der Waals surface area contributed by atoms with Crippen molar-refractivity contribution in [3.8, 4) is 0 Å². The van der Waals surface area contributed by atoms with Gasteiger partial charge >= 0.3 is 0 Å². The summed E-state index contributed by atoms with van der Waals surface area (Å²) in [5, 5.41) is 1.82. The van der Waals surface area contributed by atoms with Crippen molar-refractivity contribution in [3.05, 3.63) is 29.6 Å². The van der Waals surface area contributed by atoms with Gasteiger partial charge in [0.1, 0.15) is 0 Å². The summed E-state index contributed by atoms with van der Waals surface area (Å²) in [7, 11) is 0. The Labute approximate surface area is 65.8 Å². The number of hydrazine groups is 1. The average Bonchev–Trinajstić information content (AvgIpc) is 2.04. The highest BCUT2D eigenvalue weighted by molar-refractivity contribution is 5.21. The van der Waals surface area contributed by atoms with Crippen molar-refractivity contribution in [1.29, 1.82) is 0 Å². The van der Waals surface area contributed by atoms with Crippen molar-refractivity contribution in [2.24, 2.45) is 5.84 Å². The van der Waals surface area contributed by atoms with Gasteiger partial charge in [0.2, 0.25) is 0 Å². The van der Waals surface area contributed by atoms with E-state index in [1.54, 1.807) is 0 Å². The van der Waals surface area contributed by atoms with Gasteiger partial charge < -0.3 is 0 Å². The lowest BCUT2D eigenvalue weighted by molar-refractivity contribution is 0.260. The minimum Gasteiger partial charge on any atom is -0.268 e. The minimum atomic E-state index is 0.836. The second kappa shape index (κ2) is 2.60. The Morgan fingerprint density at radius 1 is 1.55 bits per heavy atom. The topological polar surface area (TPSA) is 42.1 Å². The zero-order valence-corrected chi connectivity index (χ0v) is 6.33. The molecule has 0 radical (unpaired) electrons. The lowest BCUT2D eigenvalue weighted by atomic mass is 10.1. The molecule has 0 fully saturated rings. The molecular weight excluding hydrogens is 138 g/mol. The molecule has 1 aromatic rings. The third kappa shape index (κ3) is 1.25. The summed E-state index contributed by atoms with van der Waals surface area (Å²) in [5.41, 5.74) is 2.47. The van der Waals surface area contributed by atoms with Crippen molar-refractivity contribution >= 4 is 0 Å². The Morgan fingerprint density at radius 3 is 3.36 bits per heavy atom. The third-order valence-electron chi connectivity index (χ3n) is 1.99. The highest BCUT2D eigenvalue weighted by Gasteiger charge is 2.12. The van der Waals surface area contributed by atoms with Crippen molar-refractivity contribution in [2.75, 3.05) is 6.54 Å². The fraction of sp³-hybridized carbons (Fsp3) is 0.375. The molecule has 0 unspecified atom stereocenters. The molecule has 11 heavy (non-hydrogen) atoms. The molecule has 0 spiro atoms. The predicted molar refractivity (Wildman–Crippen MR) is 42.5 cm³/mol. The molecule has 0 atom stereocenters. The van der Waals surface area contributed by atoms with Crippen LogP contribution in [0.3, 0.4) is 0 Å². The van der Waals surface area contributed by atoms with E-state index in [4.69, 9.17) is 5.84 Å². The van der Waals surface area contributed by atoms with E-state index in [-0.39, 0.29) is 0 Å². The molecule has 0 aliphatic carbocycles. The maximum atomic E-state index is 5.66. The van der Waals surface area contributed by atoms with Crippen LogP contribution in [-0.4, -0.2) is 16.5 Å². The summed E-state index contributed by atoms with van der Waals surface area (Å²) in [6, 6.07) is 4.04. The van der Waals surface area contributed by atoms with Crippen LogP contribution in [0.15, 0.2) is 18.3 Å². The summed E-state index contributed by atoms with van der Waals surface area (Å²) >= 11 is 0. The standard InChI is InChI=1S/C8H11N3/c9-11-5-3-8-7(6-11)2-1-4-10-8/h1-2,4H,3,5-6,9H2. The van der Waals surface area contributed by atoms with Gasteiger partial charge in [-0.3, -0.25) is 10.8 Å². The fourth-order valence-electron chi connectivity index (χ4n) is 1.39. The quantitative estimate of drug-likeness (QED) is 0.540. The number of nitrogens with zero attached hydrogens (tertiary/aromatic N) is 2. The number of nitrogens with two attached hydrogens (primary N) is 1. The fourth-order valence-corrected chi connectivity index (χ4v) is 1.39. The number of rotatable bonds is 0. The summed E-state index contributed by atoms with van der Waals surface area (Å²) in [6.45, 7) is 1.76. The molecule has 0 aromatic carbocycles. The SMILES string of the molecule is NN1CCc2ncccc2C1. The van der Waals surface area contributed by atoms with Crippen LogP contribution in [0.1, 0.15) is 11.3 Å². The zero-order valence-electron chi connectivity index (χ0n) is 6.33. The first kappa shape index (κ1) is 6.76. The first-order valence-electron chi connectivity index (χ1n) is 3.78. The van der Waals surface area contributed by atoms with Crippen molar-refractivity contribution in [1.82, 2.24) is 9.99 Å². The monoisotopic (exact) mass is 149 g/mol. The lowest BCUT2D eigenvalue weighted by Crippen LogP contribution is -2.36. The van der Waals surface area contributed by atoms with Gasteiger partial charge in [-0.1, -0.05) is 6.07 Å². The van der Waals surface area contributed by atoms with Crippen LogP contribution in [0.2, 0.25) is 0 Å². The van der Waals surface area contributed by atoms with Crippen molar-refractivity contribution < 1.29 is 0 Å². The Hall–Kier alpha value is -0.930. The van der Waals surface area contributed by atoms with Gasteiger partial charge in [0, 0.05) is 31.4 Å². The third-order valence-corrected chi connectivity index (χ3v) is 1.99. The van der Waals surface area contributed by atoms with E-state index in [2.05, 4.69) is 11.1 Å². The number of hydrogen-bond donors (Lipinski definition) is 1. The van der Waals surface area contributed by atoms with Crippen LogP contribution in [0.25, 0.3) is 0 Å². The minimum absolute atomic E-state index is 0.836. The van der Waals surface area contributed by atoms with Gasteiger partial charge in [0.15, 0.2) is 0 Å². The van der Waals surface area contributed by atoms with Crippen LogP contribution in [0, 0.1) is 0 Å².